The topological polar surface area (TPSA) is 12.5 Å². The average Bonchev–Trinajstić information content (AvgIpc) is 2.59. The predicted molar refractivity (Wildman–Crippen MR) is 50.6 cm³/mol. The van der Waals surface area contributed by atoms with Gasteiger partial charge >= 0.3 is 0 Å². The fourth-order valence-electron chi connectivity index (χ4n) is 1.54. The van der Waals surface area contributed by atoms with Gasteiger partial charge in [-0.3, -0.25) is 4.90 Å². The summed E-state index contributed by atoms with van der Waals surface area (Å²) in [5.41, 5.74) is 0. The zero-order valence-electron chi connectivity index (χ0n) is 8.31. The van der Waals surface area contributed by atoms with Crippen molar-refractivity contribution in [2.45, 2.75) is 39.5 Å². The predicted octanol–water partition coefficient (Wildman–Crippen LogP) is 2.41. The zero-order chi connectivity index (χ0) is 8.81. The van der Waals surface area contributed by atoms with Gasteiger partial charge in [-0.25, -0.2) is 0 Å². The van der Waals surface area contributed by atoms with Crippen LogP contribution in [0.2, 0.25) is 0 Å². The molecule has 0 bridgehead atoms. The maximum Gasteiger partial charge on any atom is 0.164 e. The van der Waals surface area contributed by atoms with Crippen molar-refractivity contribution in [2.24, 2.45) is 0 Å². The normalized spacial score (nSPS) is 19.2. The van der Waals surface area contributed by atoms with E-state index in [1.165, 1.54) is 32.0 Å². The summed E-state index contributed by atoms with van der Waals surface area (Å²) in [5, 5.41) is 0. The number of unbranched alkanes of at least 4 members (excludes halogenated alkanes) is 1. The summed E-state index contributed by atoms with van der Waals surface area (Å²) < 4.78 is 5.55. The summed E-state index contributed by atoms with van der Waals surface area (Å²) >= 11 is 0. The summed E-state index contributed by atoms with van der Waals surface area (Å²) in [5.74, 6) is 0. The average molecular weight is 170 g/mol. The molecule has 1 aliphatic heterocycles. The number of rotatable bonds is 5. The standard InChI is InChI=1S/C10H20NO/c1-3-5-8-11(4-2)10-7-6-9-12-10/h3-9H2,1-2H3. The van der Waals surface area contributed by atoms with E-state index in [4.69, 9.17) is 4.74 Å². The molecule has 1 heterocycles. The lowest BCUT2D eigenvalue weighted by Crippen LogP contribution is -2.29. The minimum atomic E-state index is 0.929. The van der Waals surface area contributed by atoms with Crippen LogP contribution >= 0.6 is 0 Å². The highest BCUT2D eigenvalue weighted by Crippen LogP contribution is 2.23. The fraction of sp³-hybridized carbons (Fsp3) is 0.900. The molecule has 0 aromatic carbocycles. The molecule has 1 saturated heterocycles. The molecule has 1 radical (unpaired) electrons. The molecule has 2 nitrogen and oxygen atoms in total. The van der Waals surface area contributed by atoms with Crippen LogP contribution in [-0.4, -0.2) is 24.6 Å². The molecule has 0 saturated carbocycles. The van der Waals surface area contributed by atoms with Crippen molar-refractivity contribution in [3.05, 3.63) is 6.23 Å². The Balaban J connectivity index is 2.22. The number of nitrogens with zero attached hydrogens (tertiary/aromatic N) is 1. The van der Waals surface area contributed by atoms with Crippen molar-refractivity contribution in [3.63, 3.8) is 0 Å². The third-order valence-electron chi connectivity index (χ3n) is 2.32. The highest BCUT2D eigenvalue weighted by molar-refractivity contribution is 4.83. The fourth-order valence-corrected chi connectivity index (χ4v) is 1.54. The van der Waals surface area contributed by atoms with Gasteiger partial charge in [-0.2, -0.15) is 0 Å². The van der Waals surface area contributed by atoms with Crippen molar-refractivity contribution >= 4 is 0 Å². The first-order valence-corrected chi connectivity index (χ1v) is 5.12. The van der Waals surface area contributed by atoms with Crippen LogP contribution in [0.4, 0.5) is 0 Å². The summed E-state index contributed by atoms with van der Waals surface area (Å²) in [6.07, 6.45) is 6.13. The molecule has 0 aromatic rings. The van der Waals surface area contributed by atoms with Gasteiger partial charge in [0.15, 0.2) is 6.23 Å². The Morgan fingerprint density at radius 2 is 2.25 bits per heavy atom. The molecule has 1 fully saturated rings. The van der Waals surface area contributed by atoms with E-state index in [0.717, 1.165) is 19.6 Å². The maximum absolute atomic E-state index is 5.55. The number of hydrogen-bond donors (Lipinski definition) is 0. The van der Waals surface area contributed by atoms with Crippen LogP contribution in [0.1, 0.15) is 39.5 Å². The van der Waals surface area contributed by atoms with Crippen LogP contribution in [0.3, 0.4) is 0 Å². The molecule has 0 aromatic heterocycles. The largest absolute Gasteiger partial charge is 0.356 e. The van der Waals surface area contributed by atoms with Gasteiger partial charge < -0.3 is 4.74 Å². The van der Waals surface area contributed by atoms with Crippen LogP contribution in [0, 0.1) is 6.23 Å². The molecule has 0 spiro atoms. The zero-order valence-corrected chi connectivity index (χ0v) is 8.31. The minimum absolute atomic E-state index is 0.929. The summed E-state index contributed by atoms with van der Waals surface area (Å²) in [4.78, 5) is 2.37. The third kappa shape index (κ3) is 2.76. The van der Waals surface area contributed by atoms with Crippen LogP contribution in [0.25, 0.3) is 0 Å². The Morgan fingerprint density at radius 3 is 2.75 bits per heavy atom. The summed E-state index contributed by atoms with van der Waals surface area (Å²) in [6.45, 7) is 7.62. The first-order chi connectivity index (χ1) is 5.88. The molecule has 0 unspecified atom stereocenters. The SMILES string of the molecule is CCCCN(CC)[C]1CCCO1. The quantitative estimate of drug-likeness (QED) is 0.628. The highest BCUT2D eigenvalue weighted by atomic mass is 16.5. The van der Waals surface area contributed by atoms with E-state index in [1.54, 1.807) is 0 Å². The lowest BCUT2D eigenvalue weighted by atomic mass is 10.2. The van der Waals surface area contributed by atoms with Gasteiger partial charge in [0.2, 0.25) is 0 Å². The Labute approximate surface area is 75.9 Å². The van der Waals surface area contributed by atoms with E-state index in [0.29, 0.717) is 0 Å². The van der Waals surface area contributed by atoms with Gasteiger partial charge in [-0.1, -0.05) is 20.3 Å². The van der Waals surface area contributed by atoms with E-state index in [9.17, 15) is 0 Å². The van der Waals surface area contributed by atoms with Gasteiger partial charge in [-0.15, -0.1) is 0 Å². The van der Waals surface area contributed by atoms with Crippen LogP contribution in [-0.2, 0) is 4.74 Å². The Kier molecular flexibility index (Phi) is 4.62. The maximum atomic E-state index is 5.55. The molecule has 0 atom stereocenters. The van der Waals surface area contributed by atoms with Gasteiger partial charge in [0, 0.05) is 13.2 Å². The Bertz CT molecular complexity index is 110. The van der Waals surface area contributed by atoms with E-state index in [2.05, 4.69) is 18.7 Å². The van der Waals surface area contributed by atoms with Crippen LogP contribution in [0.15, 0.2) is 0 Å². The second kappa shape index (κ2) is 5.55. The van der Waals surface area contributed by atoms with Crippen molar-refractivity contribution < 1.29 is 4.74 Å². The monoisotopic (exact) mass is 170 g/mol. The molecule has 0 N–H and O–H groups in total. The molecule has 12 heavy (non-hydrogen) atoms. The van der Waals surface area contributed by atoms with Gasteiger partial charge in [0.05, 0.1) is 0 Å². The molecular weight excluding hydrogens is 150 g/mol. The van der Waals surface area contributed by atoms with Gasteiger partial charge in [0.25, 0.3) is 0 Å². The molecule has 1 rings (SSSR count). The lowest BCUT2D eigenvalue weighted by Gasteiger charge is -2.24. The van der Waals surface area contributed by atoms with Crippen molar-refractivity contribution in [3.8, 4) is 0 Å². The van der Waals surface area contributed by atoms with Crippen LogP contribution < -0.4 is 0 Å². The van der Waals surface area contributed by atoms with E-state index in [-0.39, 0.29) is 0 Å². The van der Waals surface area contributed by atoms with Crippen LogP contribution in [0.5, 0.6) is 0 Å². The lowest BCUT2D eigenvalue weighted by molar-refractivity contribution is 0.0761. The van der Waals surface area contributed by atoms with E-state index < -0.39 is 0 Å². The third-order valence-corrected chi connectivity index (χ3v) is 2.32. The first kappa shape index (κ1) is 10.0. The number of hydrogen-bond acceptors (Lipinski definition) is 2. The highest BCUT2D eigenvalue weighted by Gasteiger charge is 2.22. The van der Waals surface area contributed by atoms with Crippen molar-refractivity contribution in [2.75, 3.05) is 19.7 Å². The van der Waals surface area contributed by atoms with Gasteiger partial charge in [0.1, 0.15) is 0 Å². The smallest absolute Gasteiger partial charge is 0.164 e. The molecule has 0 amide bonds. The summed E-state index contributed by atoms with van der Waals surface area (Å²) in [6, 6.07) is 0. The molecule has 1 aliphatic rings. The molecular formula is C10H20NO. The second-order valence-corrected chi connectivity index (χ2v) is 3.28. The minimum Gasteiger partial charge on any atom is -0.356 e. The molecule has 0 aliphatic carbocycles. The molecule has 71 valence electrons. The Morgan fingerprint density at radius 1 is 1.42 bits per heavy atom. The van der Waals surface area contributed by atoms with Gasteiger partial charge in [-0.05, 0) is 25.8 Å². The Hall–Kier alpha value is -0.0800. The molecule has 2 heteroatoms. The first-order valence-electron chi connectivity index (χ1n) is 5.12. The van der Waals surface area contributed by atoms with Crippen molar-refractivity contribution in [1.29, 1.82) is 0 Å². The number of ether oxygens (including phenoxy) is 1. The second-order valence-electron chi connectivity index (χ2n) is 3.28. The van der Waals surface area contributed by atoms with Crippen molar-refractivity contribution in [1.82, 2.24) is 4.90 Å². The summed E-state index contributed by atoms with van der Waals surface area (Å²) in [7, 11) is 0. The van der Waals surface area contributed by atoms with E-state index in [1.807, 2.05) is 0 Å². The van der Waals surface area contributed by atoms with E-state index >= 15 is 0 Å².